The lowest BCUT2D eigenvalue weighted by atomic mass is 9.94. The maximum atomic E-state index is 11.3. The van der Waals surface area contributed by atoms with E-state index < -0.39 is 0 Å². The molecule has 0 aromatic rings. The van der Waals surface area contributed by atoms with Crippen LogP contribution in [0.2, 0.25) is 0 Å². The summed E-state index contributed by atoms with van der Waals surface area (Å²) in [5.41, 5.74) is 0. The maximum absolute atomic E-state index is 11.3. The monoisotopic (exact) mass is 290 g/mol. The minimum Gasteiger partial charge on any atom is -0.279 e. The van der Waals surface area contributed by atoms with Crippen molar-refractivity contribution in [2.75, 3.05) is 7.05 Å². The maximum Gasteiger partial charge on any atom is 0.253 e. The van der Waals surface area contributed by atoms with Crippen molar-refractivity contribution in [2.24, 2.45) is 0 Å². The van der Waals surface area contributed by atoms with E-state index in [0.717, 1.165) is 30.6 Å². The number of hydrogen-bond acceptors (Lipinski definition) is 4. The van der Waals surface area contributed by atoms with Crippen molar-refractivity contribution < 1.29 is 19.2 Å². The van der Waals surface area contributed by atoms with E-state index in [9.17, 15) is 19.2 Å². The van der Waals surface area contributed by atoms with Crippen LogP contribution in [0.25, 0.3) is 0 Å². The number of carbonyl (C=O) groups excluding carboxylic acids is 4. The minimum atomic E-state index is -0.241. The minimum absolute atomic E-state index is 0.128. The van der Waals surface area contributed by atoms with Gasteiger partial charge in [-0.15, -0.1) is 0 Å². The van der Waals surface area contributed by atoms with Crippen molar-refractivity contribution in [1.82, 2.24) is 9.80 Å². The van der Waals surface area contributed by atoms with Gasteiger partial charge in [-0.25, -0.2) is 0 Å². The molecule has 2 aliphatic heterocycles. The molecule has 2 heterocycles. The van der Waals surface area contributed by atoms with Gasteiger partial charge in [-0.2, -0.15) is 0 Å². The molecule has 6 nitrogen and oxygen atoms in total. The van der Waals surface area contributed by atoms with E-state index >= 15 is 0 Å². The molecule has 0 bridgehead atoms. The average molecular weight is 290 g/mol. The van der Waals surface area contributed by atoms with Crippen molar-refractivity contribution >= 4 is 23.6 Å². The van der Waals surface area contributed by atoms with Crippen LogP contribution in [0.4, 0.5) is 0 Å². The molecule has 3 aliphatic rings. The third-order valence-corrected chi connectivity index (χ3v) is 3.81. The van der Waals surface area contributed by atoms with Crippen molar-refractivity contribution in [3.8, 4) is 0 Å². The third-order valence-electron chi connectivity index (χ3n) is 3.81. The summed E-state index contributed by atoms with van der Waals surface area (Å²) in [6.07, 6.45) is 10.7. The van der Waals surface area contributed by atoms with Crippen LogP contribution in [0.3, 0.4) is 0 Å². The van der Waals surface area contributed by atoms with E-state index in [1.165, 1.54) is 42.7 Å². The number of nitrogens with zero attached hydrogens (tertiary/aromatic N) is 2. The van der Waals surface area contributed by atoms with E-state index in [1.807, 2.05) is 0 Å². The van der Waals surface area contributed by atoms with Gasteiger partial charge in [0.25, 0.3) is 23.6 Å². The average Bonchev–Trinajstić information content (AvgIpc) is 2.97. The van der Waals surface area contributed by atoms with E-state index in [4.69, 9.17) is 0 Å². The van der Waals surface area contributed by atoms with Gasteiger partial charge in [0.05, 0.1) is 0 Å². The molecule has 0 spiro atoms. The Bertz CT molecular complexity index is 494. The summed E-state index contributed by atoms with van der Waals surface area (Å²) in [6, 6.07) is 0.170. The number of rotatable bonds is 1. The Hall–Kier alpha value is -2.24. The van der Waals surface area contributed by atoms with Gasteiger partial charge in [0.2, 0.25) is 0 Å². The molecule has 6 heteroatoms. The van der Waals surface area contributed by atoms with Crippen molar-refractivity contribution in [3.63, 3.8) is 0 Å². The molecular formula is C15H18N2O4. The van der Waals surface area contributed by atoms with E-state index in [0.29, 0.717) is 0 Å². The highest BCUT2D eigenvalue weighted by Crippen LogP contribution is 2.24. The molecule has 0 aromatic heterocycles. The van der Waals surface area contributed by atoms with Crippen LogP contribution in [0, 0.1) is 0 Å². The standard InChI is InChI=1S/C10H13NO2.C5H5NO2/c12-9-6-7-10(13)11(9)8-4-2-1-3-5-8;1-6-4(7)2-3-5(6)8/h6-8H,1-5H2;2-3H,1H3. The Morgan fingerprint density at radius 3 is 1.57 bits per heavy atom. The molecule has 21 heavy (non-hydrogen) atoms. The zero-order valence-corrected chi connectivity index (χ0v) is 11.9. The Morgan fingerprint density at radius 2 is 1.19 bits per heavy atom. The van der Waals surface area contributed by atoms with Crippen LogP contribution in [0.15, 0.2) is 24.3 Å². The van der Waals surface area contributed by atoms with Crippen LogP contribution >= 0.6 is 0 Å². The first-order valence-corrected chi connectivity index (χ1v) is 7.05. The van der Waals surface area contributed by atoms with Gasteiger partial charge < -0.3 is 0 Å². The second-order valence-corrected chi connectivity index (χ2v) is 5.24. The fourth-order valence-electron chi connectivity index (χ4n) is 2.59. The van der Waals surface area contributed by atoms with Crippen LogP contribution in [-0.2, 0) is 19.2 Å². The Morgan fingerprint density at radius 1 is 0.762 bits per heavy atom. The molecule has 112 valence electrons. The molecular weight excluding hydrogens is 272 g/mol. The first-order chi connectivity index (χ1) is 10.0. The summed E-state index contributed by atoms with van der Waals surface area (Å²) < 4.78 is 0. The van der Waals surface area contributed by atoms with Crippen molar-refractivity contribution in [1.29, 1.82) is 0 Å². The van der Waals surface area contributed by atoms with Gasteiger partial charge in [-0.1, -0.05) is 19.3 Å². The Kier molecular flexibility index (Phi) is 4.67. The summed E-state index contributed by atoms with van der Waals surface area (Å²) >= 11 is 0. The van der Waals surface area contributed by atoms with Gasteiger partial charge in [0, 0.05) is 37.4 Å². The van der Waals surface area contributed by atoms with Crippen LogP contribution in [-0.4, -0.2) is 46.5 Å². The fraction of sp³-hybridized carbons (Fsp3) is 0.467. The summed E-state index contributed by atoms with van der Waals surface area (Å²) in [5.74, 6) is -0.737. The molecule has 1 saturated carbocycles. The molecule has 0 N–H and O–H groups in total. The highest BCUT2D eigenvalue weighted by Gasteiger charge is 2.31. The molecule has 4 amide bonds. The fourth-order valence-corrected chi connectivity index (χ4v) is 2.59. The first kappa shape index (κ1) is 15.2. The van der Waals surface area contributed by atoms with Crippen molar-refractivity contribution in [2.45, 2.75) is 38.1 Å². The van der Waals surface area contributed by atoms with E-state index in [1.54, 1.807) is 0 Å². The lowest BCUT2D eigenvalue weighted by molar-refractivity contribution is -0.140. The number of hydrogen-bond donors (Lipinski definition) is 0. The normalized spacial score (nSPS) is 22.1. The second-order valence-electron chi connectivity index (χ2n) is 5.24. The van der Waals surface area contributed by atoms with Crippen molar-refractivity contribution in [3.05, 3.63) is 24.3 Å². The van der Waals surface area contributed by atoms with Gasteiger partial charge in [0.1, 0.15) is 0 Å². The summed E-state index contributed by atoms with van der Waals surface area (Å²) in [5, 5.41) is 0. The number of amides is 4. The lowest BCUT2D eigenvalue weighted by Crippen LogP contribution is -2.41. The topological polar surface area (TPSA) is 74.8 Å². The van der Waals surface area contributed by atoms with Gasteiger partial charge in [-0.05, 0) is 12.8 Å². The zero-order chi connectivity index (χ0) is 15.4. The predicted octanol–water partition coefficient (Wildman–Crippen LogP) is 0.785. The molecule has 0 atom stereocenters. The zero-order valence-electron chi connectivity index (χ0n) is 11.9. The molecule has 0 radical (unpaired) electrons. The third kappa shape index (κ3) is 3.45. The summed E-state index contributed by atoms with van der Waals surface area (Å²) in [4.78, 5) is 45.9. The second kappa shape index (κ2) is 6.47. The SMILES string of the molecule is CN1C(=O)C=CC1=O.O=C1C=CC(=O)N1C1CCCCC1. The highest BCUT2D eigenvalue weighted by molar-refractivity contribution is 6.13. The Balaban J connectivity index is 0.000000173. The number of likely N-dealkylation sites (N-methyl/N-ethyl adjacent to an activating group) is 1. The van der Waals surface area contributed by atoms with Gasteiger partial charge in [0.15, 0.2) is 0 Å². The van der Waals surface area contributed by atoms with Crippen LogP contribution in [0.1, 0.15) is 32.1 Å². The number of carbonyl (C=O) groups is 4. The first-order valence-electron chi connectivity index (χ1n) is 7.05. The lowest BCUT2D eigenvalue weighted by Gasteiger charge is -2.29. The summed E-state index contributed by atoms with van der Waals surface area (Å²) in [7, 11) is 1.45. The molecule has 0 aromatic carbocycles. The molecule has 1 aliphatic carbocycles. The molecule has 0 saturated heterocycles. The molecule has 0 unspecified atom stereocenters. The van der Waals surface area contributed by atoms with Gasteiger partial charge >= 0.3 is 0 Å². The molecule has 1 fully saturated rings. The highest BCUT2D eigenvalue weighted by atomic mass is 16.2. The molecule has 3 rings (SSSR count). The van der Waals surface area contributed by atoms with Crippen LogP contribution in [0.5, 0.6) is 0 Å². The van der Waals surface area contributed by atoms with Crippen LogP contribution < -0.4 is 0 Å². The smallest absolute Gasteiger partial charge is 0.253 e. The van der Waals surface area contributed by atoms with E-state index in [2.05, 4.69) is 0 Å². The quantitative estimate of drug-likeness (QED) is 0.669. The Labute approximate surface area is 123 Å². The number of imide groups is 2. The van der Waals surface area contributed by atoms with Gasteiger partial charge in [-0.3, -0.25) is 29.0 Å². The summed E-state index contributed by atoms with van der Waals surface area (Å²) in [6.45, 7) is 0. The predicted molar refractivity (Wildman–Crippen MR) is 74.8 cm³/mol. The van der Waals surface area contributed by atoms with E-state index in [-0.39, 0.29) is 29.7 Å². The largest absolute Gasteiger partial charge is 0.279 e.